The van der Waals surface area contributed by atoms with Crippen LogP contribution in [0.25, 0.3) is 0 Å². The van der Waals surface area contributed by atoms with Crippen molar-refractivity contribution in [2.24, 2.45) is 0 Å². The van der Waals surface area contributed by atoms with E-state index < -0.39 is 0 Å². The van der Waals surface area contributed by atoms with Crippen LogP contribution in [0.1, 0.15) is 13.3 Å². The molecular weight excluding hydrogens is 78.0 g/mol. The lowest BCUT2D eigenvalue weighted by atomic mass is 10.5. The van der Waals surface area contributed by atoms with Gasteiger partial charge >= 0.3 is 0 Å². The molecule has 0 aliphatic carbocycles. The molecule has 0 atom stereocenters. The fourth-order valence-electron chi connectivity index (χ4n) is 0.256. The zero-order chi connectivity index (χ0) is 4.83. The van der Waals surface area contributed by atoms with E-state index in [1.165, 1.54) is 0 Å². The molecule has 38 valence electrons. The highest BCUT2D eigenvalue weighted by Crippen LogP contribution is 1.64. The molecule has 0 aliphatic heterocycles. The summed E-state index contributed by atoms with van der Waals surface area (Å²) in [6, 6.07) is 0. The van der Waals surface area contributed by atoms with E-state index in [0.717, 1.165) is 13.0 Å². The van der Waals surface area contributed by atoms with Crippen LogP contribution in [0.2, 0.25) is 0 Å². The first-order valence-corrected chi connectivity index (χ1v) is 2.23. The van der Waals surface area contributed by atoms with Crippen LogP contribution in [0.4, 0.5) is 0 Å². The summed E-state index contributed by atoms with van der Waals surface area (Å²) in [6.45, 7) is 3.08. The van der Waals surface area contributed by atoms with E-state index in [0.29, 0.717) is 0 Å². The van der Waals surface area contributed by atoms with Crippen LogP contribution in [0.5, 0.6) is 0 Å². The molecule has 0 aliphatic rings. The topological polar surface area (TPSA) is 32.3 Å². The Hall–Kier alpha value is -0.0800. The van der Waals surface area contributed by atoms with Crippen molar-refractivity contribution in [2.45, 2.75) is 13.3 Å². The lowest BCUT2D eigenvalue weighted by Gasteiger charge is -1.91. The lowest BCUT2D eigenvalue weighted by Crippen LogP contribution is -2.14. The van der Waals surface area contributed by atoms with Crippen molar-refractivity contribution in [1.29, 1.82) is 0 Å². The van der Waals surface area contributed by atoms with Crippen LogP contribution < -0.4 is 5.32 Å². The third-order valence-corrected chi connectivity index (χ3v) is 0.539. The maximum absolute atomic E-state index is 8.09. The van der Waals surface area contributed by atoms with Gasteiger partial charge in [0, 0.05) is 0 Å². The highest BCUT2D eigenvalue weighted by molar-refractivity contribution is 4.31. The van der Waals surface area contributed by atoms with Gasteiger partial charge in [0.25, 0.3) is 0 Å². The first kappa shape index (κ1) is 5.92. The number of aliphatic hydroxyl groups excluding tert-OH is 1. The Bertz CT molecular complexity index is 19.5. The highest BCUT2D eigenvalue weighted by atomic mass is 16.3. The quantitative estimate of drug-likeness (QED) is 0.375. The molecule has 0 bridgehead atoms. The predicted molar refractivity (Wildman–Crippen MR) is 25.4 cm³/mol. The largest absolute Gasteiger partial charge is 0.381 e. The average molecular weight is 89.1 g/mol. The maximum atomic E-state index is 8.09. The molecule has 0 amide bonds. The van der Waals surface area contributed by atoms with Crippen molar-refractivity contribution in [3.8, 4) is 0 Å². The van der Waals surface area contributed by atoms with Crippen molar-refractivity contribution in [3.63, 3.8) is 0 Å². The molecule has 0 spiro atoms. The van der Waals surface area contributed by atoms with Crippen molar-refractivity contribution in [1.82, 2.24) is 5.32 Å². The normalized spacial score (nSPS) is 9.00. The standard InChI is InChI=1S/C4H11NO/c1-2-3-5-4-6/h5-6H,2-4H2,1H3. The third kappa shape index (κ3) is 3.92. The highest BCUT2D eigenvalue weighted by Gasteiger charge is 1.72. The fourth-order valence-corrected chi connectivity index (χ4v) is 0.256. The molecule has 0 unspecified atom stereocenters. The van der Waals surface area contributed by atoms with Gasteiger partial charge in [0.15, 0.2) is 0 Å². The second-order valence-corrected chi connectivity index (χ2v) is 1.16. The molecule has 2 nitrogen and oxygen atoms in total. The average Bonchev–Trinajstić information content (AvgIpc) is 1.61. The van der Waals surface area contributed by atoms with Gasteiger partial charge in [-0.05, 0) is 13.0 Å². The van der Waals surface area contributed by atoms with Crippen LogP contribution >= 0.6 is 0 Å². The summed E-state index contributed by atoms with van der Waals surface area (Å²) in [5.41, 5.74) is 0. The lowest BCUT2D eigenvalue weighted by molar-refractivity contribution is 0.261. The summed E-state index contributed by atoms with van der Waals surface area (Å²) in [7, 11) is 0. The molecule has 0 aromatic rings. The Kier molecular flexibility index (Phi) is 4.85. The summed E-state index contributed by atoms with van der Waals surface area (Å²) >= 11 is 0. The van der Waals surface area contributed by atoms with Crippen molar-refractivity contribution < 1.29 is 5.11 Å². The van der Waals surface area contributed by atoms with E-state index in [2.05, 4.69) is 12.2 Å². The monoisotopic (exact) mass is 89.1 g/mol. The van der Waals surface area contributed by atoms with Crippen molar-refractivity contribution in [2.75, 3.05) is 13.3 Å². The van der Waals surface area contributed by atoms with E-state index in [1.807, 2.05) is 0 Å². The molecule has 0 fully saturated rings. The minimum atomic E-state index is 0.105. The van der Waals surface area contributed by atoms with Crippen LogP contribution in [0, 0.1) is 0 Å². The van der Waals surface area contributed by atoms with E-state index in [4.69, 9.17) is 5.11 Å². The van der Waals surface area contributed by atoms with Gasteiger partial charge in [-0.2, -0.15) is 0 Å². The fraction of sp³-hybridized carbons (Fsp3) is 1.00. The molecular formula is C4H11NO. The van der Waals surface area contributed by atoms with Crippen LogP contribution in [-0.2, 0) is 0 Å². The summed E-state index contributed by atoms with van der Waals surface area (Å²) in [5, 5.41) is 10.8. The summed E-state index contributed by atoms with van der Waals surface area (Å²) < 4.78 is 0. The molecule has 2 heteroatoms. The van der Waals surface area contributed by atoms with Gasteiger partial charge in [-0.1, -0.05) is 6.92 Å². The predicted octanol–water partition coefficient (Wildman–Crippen LogP) is -0.0642. The second-order valence-electron chi connectivity index (χ2n) is 1.16. The van der Waals surface area contributed by atoms with Gasteiger partial charge in [0.1, 0.15) is 0 Å². The molecule has 2 N–H and O–H groups in total. The van der Waals surface area contributed by atoms with E-state index >= 15 is 0 Å². The minimum absolute atomic E-state index is 0.105. The summed E-state index contributed by atoms with van der Waals surface area (Å²) in [5.74, 6) is 0. The molecule has 0 heterocycles. The maximum Gasteiger partial charge on any atom is 0.0931 e. The molecule has 0 rings (SSSR count). The Morgan fingerprint density at radius 2 is 2.33 bits per heavy atom. The number of hydrogen-bond donors (Lipinski definition) is 2. The van der Waals surface area contributed by atoms with E-state index in [9.17, 15) is 0 Å². The molecule has 0 aromatic heterocycles. The van der Waals surface area contributed by atoms with E-state index in [1.54, 1.807) is 0 Å². The molecule has 0 saturated carbocycles. The molecule has 0 aromatic carbocycles. The number of rotatable bonds is 3. The Labute approximate surface area is 38.2 Å². The van der Waals surface area contributed by atoms with Crippen molar-refractivity contribution >= 4 is 0 Å². The van der Waals surface area contributed by atoms with Gasteiger partial charge in [0.2, 0.25) is 0 Å². The Balaban J connectivity index is 2.34. The van der Waals surface area contributed by atoms with Gasteiger partial charge < -0.3 is 5.11 Å². The summed E-state index contributed by atoms with van der Waals surface area (Å²) in [6.07, 6.45) is 1.08. The first-order valence-electron chi connectivity index (χ1n) is 2.23. The summed E-state index contributed by atoms with van der Waals surface area (Å²) in [4.78, 5) is 0. The van der Waals surface area contributed by atoms with Gasteiger partial charge in [-0.3, -0.25) is 5.32 Å². The second kappa shape index (κ2) is 4.92. The van der Waals surface area contributed by atoms with Crippen LogP contribution in [-0.4, -0.2) is 18.4 Å². The Morgan fingerprint density at radius 1 is 1.67 bits per heavy atom. The van der Waals surface area contributed by atoms with Crippen LogP contribution in [0.3, 0.4) is 0 Å². The zero-order valence-corrected chi connectivity index (χ0v) is 4.07. The van der Waals surface area contributed by atoms with E-state index in [-0.39, 0.29) is 6.73 Å². The van der Waals surface area contributed by atoms with Crippen molar-refractivity contribution in [3.05, 3.63) is 0 Å². The number of aliphatic hydroxyl groups is 1. The van der Waals surface area contributed by atoms with Crippen LogP contribution in [0.15, 0.2) is 0 Å². The van der Waals surface area contributed by atoms with Gasteiger partial charge in [0.05, 0.1) is 6.73 Å². The van der Waals surface area contributed by atoms with Gasteiger partial charge in [-0.25, -0.2) is 0 Å². The SMILES string of the molecule is CCCNCO. The zero-order valence-electron chi connectivity index (χ0n) is 4.07. The Morgan fingerprint density at radius 3 is 2.50 bits per heavy atom. The minimum Gasteiger partial charge on any atom is -0.381 e. The smallest absolute Gasteiger partial charge is 0.0931 e. The number of nitrogens with one attached hydrogen (secondary N) is 1. The molecule has 0 radical (unpaired) electrons. The number of hydrogen-bond acceptors (Lipinski definition) is 2. The molecule has 0 saturated heterocycles. The third-order valence-electron chi connectivity index (χ3n) is 0.539. The van der Waals surface area contributed by atoms with Gasteiger partial charge in [-0.15, -0.1) is 0 Å². The first-order chi connectivity index (χ1) is 2.91. The molecule has 6 heavy (non-hydrogen) atoms.